The third kappa shape index (κ3) is 1.29. The minimum atomic E-state index is -0.912. The molecule has 0 saturated carbocycles. The third-order valence-corrected chi connectivity index (χ3v) is 2.28. The van der Waals surface area contributed by atoms with Crippen molar-refractivity contribution in [3.8, 4) is 11.6 Å². The highest BCUT2D eigenvalue weighted by atomic mass is 19.2. The van der Waals surface area contributed by atoms with E-state index >= 15 is 0 Å². The van der Waals surface area contributed by atoms with Crippen LogP contribution in [0.15, 0.2) is 34.9 Å². The molecule has 1 aromatic carbocycles. The fourth-order valence-corrected chi connectivity index (χ4v) is 1.53. The topological polar surface area (TPSA) is 41.8 Å². The molecule has 1 N–H and O–H groups in total. The summed E-state index contributed by atoms with van der Waals surface area (Å²) in [6, 6.07) is 5.55. The van der Waals surface area contributed by atoms with Crippen molar-refractivity contribution in [3.05, 3.63) is 42.2 Å². The van der Waals surface area contributed by atoms with E-state index in [1.54, 1.807) is 12.1 Å². The maximum atomic E-state index is 13.0. The molecule has 0 radical (unpaired) electrons. The van der Waals surface area contributed by atoms with Gasteiger partial charge in [0, 0.05) is 12.1 Å². The van der Waals surface area contributed by atoms with Gasteiger partial charge in [-0.2, -0.15) is 0 Å². The van der Waals surface area contributed by atoms with Crippen LogP contribution in [-0.4, -0.2) is 9.97 Å². The molecule has 80 valence electrons. The molecular formula is C11H6F2N2O. The van der Waals surface area contributed by atoms with Crippen LogP contribution in [-0.2, 0) is 0 Å². The average Bonchev–Trinajstić information content (AvgIpc) is 2.86. The molecular weight excluding hydrogens is 214 g/mol. The lowest BCUT2D eigenvalue weighted by atomic mass is 10.3. The first-order chi connectivity index (χ1) is 7.74. The van der Waals surface area contributed by atoms with Crippen molar-refractivity contribution in [3.63, 3.8) is 0 Å². The lowest BCUT2D eigenvalue weighted by Crippen LogP contribution is -1.82. The normalized spacial score (nSPS) is 11.1. The van der Waals surface area contributed by atoms with E-state index < -0.39 is 11.6 Å². The van der Waals surface area contributed by atoms with E-state index in [2.05, 4.69) is 9.97 Å². The first-order valence-electron chi connectivity index (χ1n) is 4.63. The molecule has 2 aromatic heterocycles. The van der Waals surface area contributed by atoms with E-state index in [0.717, 1.165) is 12.1 Å². The zero-order valence-electron chi connectivity index (χ0n) is 8.00. The summed E-state index contributed by atoms with van der Waals surface area (Å²) in [5.41, 5.74) is 0.801. The molecule has 0 bridgehead atoms. The smallest absolute Gasteiger partial charge is 0.174 e. The molecule has 0 aliphatic carbocycles. The van der Waals surface area contributed by atoms with Crippen LogP contribution in [0, 0.1) is 11.6 Å². The summed E-state index contributed by atoms with van der Waals surface area (Å²) in [5, 5.41) is 0. The van der Waals surface area contributed by atoms with Gasteiger partial charge >= 0.3 is 0 Å². The number of halogens is 2. The Morgan fingerprint density at radius 1 is 1.19 bits per heavy atom. The molecule has 2 heterocycles. The quantitative estimate of drug-likeness (QED) is 0.684. The Morgan fingerprint density at radius 3 is 2.75 bits per heavy atom. The summed E-state index contributed by atoms with van der Waals surface area (Å²) < 4.78 is 31.0. The van der Waals surface area contributed by atoms with Crippen molar-refractivity contribution in [2.24, 2.45) is 0 Å². The van der Waals surface area contributed by atoms with Crippen LogP contribution >= 0.6 is 0 Å². The summed E-state index contributed by atoms with van der Waals surface area (Å²) in [6.07, 6.45) is 1.50. The van der Waals surface area contributed by atoms with Crippen LogP contribution in [0.2, 0.25) is 0 Å². The number of imidazole rings is 1. The Balaban J connectivity index is 2.23. The van der Waals surface area contributed by atoms with Gasteiger partial charge in [0.1, 0.15) is 0 Å². The fourth-order valence-electron chi connectivity index (χ4n) is 1.53. The number of fused-ring (bicyclic) bond motifs is 1. The van der Waals surface area contributed by atoms with Crippen molar-refractivity contribution >= 4 is 11.0 Å². The minimum Gasteiger partial charge on any atom is -0.461 e. The number of aromatic nitrogens is 2. The number of H-pyrrole nitrogens is 1. The van der Waals surface area contributed by atoms with Gasteiger partial charge in [0.05, 0.1) is 17.3 Å². The first kappa shape index (κ1) is 9.08. The molecule has 0 atom stereocenters. The fraction of sp³-hybridized carbons (Fsp3) is 0. The molecule has 3 nitrogen and oxygen atoms in total. The molecule has 0 saturated heterocycles. The molecule has 16 heavy (non-hydrogen) atoms. The number of hydrogen-bond donors (Lipinski definition) is 1. The Hall–Kier alpha value is -2.17. The summed E-state index contributed by atoms with van der Waals surface area (Å²) >= 11 is 0. The summed E-state index contributed by atoms with van der Waals surface area (Å²) in [7, 11) is 0. The highest BCUT2D eigenvalue weighted by Gasteiger charge is 2.10. The standard InChI is InChI=1S/C11H6F2N2O/c12-6-4-8-9(5-7(6)13)15-11(14-8)10-2-1-3-16-10/h1-5H,(H,14,15). The van der Waals surface area contributed by atoms with Crippen LogP contribution in [0.3, 0.4) is 0 Å². The number of hydrogen-bond acceptors (Lipinski definition) is 2. The number of benzene rings is 1. The highest BCUT2D eigenvalue weighted by molar-refractivity contribution is 5.78. The Bertz CT molecular complexity index is 604. The van der Waals surface area contributed by atoms with Gasteiger partial charge in [0.25, 0.3) is 0 Å². The monoisotopic (exact) mass is 220 g/mol. The van der Waals surface area contributed by atoms with Crippen molar-refractivity contribution in [2.75, 3.05) is 0 Å². The Morgan fingerprint density at radius 2 is 2.00 bits per heavy atom. The second-order valence-electron chi connectivity index (χ2n) is 3.35. The van der Waals surface area contributed by atoms with Crippen molar-refractivity contribution < 1.29 is 13.2 Å². The lowest BCUT2D eigenvalue weighted by molar-refractivity contribution is 0.510. The number of nitrogens with one attached hydrogen (secondary N) is 1. The van der Waals surface area contributed by atoms with Crippen molar-refractivity contribution in [1.82, 2.24) is 9.97 Å². The predicted octanol–water partition coefficient (Wildman–Crippen LogP) is 3.10. The van der Waals surface area contributed by atoms with Crippen molar-refractivity contribution in [2.45, 2.75) is 0 Å². The molecule has 0 aliphatic rings. The van der Waals surface area contributed by atoms with E-state index in [0.29, 0.717) is 22.6 Å². The van der Waals surface area contributed by atoms with Gasteiger partial charge in [0.2, 0.25) is 0 Å². The molecule has 0 unspecified atom stereocenters. The third-order valence-electron chi connectivity index (χ3n) is 2.28. The molecule has 0 aliphatic heterocycles. The van der Waals surface area contributed by atoms with Gasteiger partial charge in [-0.15, -0.1) is 0 Å². The maximum Gasteiger partial charge on any atom is 0.174 e. The zero-order valence-corrected chi connectivity index (χ0v) is 8.00. The van der Waals surface area contributed by atoms with E-state index in [-0.39, 0.29) is 0 Å². The van der Waals surface area contributed by atoms with Gasteiger partial charge in [-0.3, -0.25) is 0 Å². The van der Waals surface area contributed by atoms with Crippen LogP contribution in [0.4, 0.5) is 8.78 Å². The number of nitrogens with zero attached hydrogens (tertiary/aromatic N) is 1. The number of furan rings is 1. The molecule has 0 amide bonds. The van der Waals surface area contributed by atoms with Gasteiger partial charge in [-0.25, -0.2) is 13.8 Å². The van der Waals surface area contributed by atoms with E-state index in [4.69, 9.17) is 4.42 Å². The molecule has 3 rings (SSSR count). The summed E-state index contributed by atoms with van der Waals surface area (Å²) in [5.74, 6) is -0.839. The van der Waals surface area contributed by atoms with Crippen LogP contribution in [0.5, 0.6) is 0 Å². The summed E-state index contributed by atoms with van der Waals surface area (Å²) in [4.78, 5) is 6.96. The van der Waals surface area contributed by atoms with Crippen LogP contribution in [0.25, 0.3) is 22.6 Å². The lowest BCUT2D eigenvalue weighted by Gasteiger charge is -1.90. The number of rotatable bonds is 1. The highest BCUT2D eigenvalue weighted by Crippen LogP contribution is 2.22. The molecule has 5 heteroatoms. The predicted molar refractivity (Wildman–Crippen MR) is 53.7 cm³/mol. The molecule has 3 aromatic rings. The zero-order chi connectivity index (χ0) is 11.1. The second kappa shape index (κ2) is 3.16. The molecule has 0 spiro atoms. The van der Waals surface area contributed by atoms with E-state index in [1.165, 1.54) is 6.26 Å². The van der Waals surface area contributed by atoms with Gasteiger partial charge < -0.3 is 9.40 Å². The Labute approximate surface area is 88.7 Å². The average molecular weight is 220 g/mol. The Kier molecular flexibility index (Phi) is 1.80. The van der Waals surface area contributed by atoms with Gasteiger partial charge in [-0.1, -0.05) is 0 Å². The maximum absolute atomic E-state index is 13.0. The van der Waals surface area contributed by atoms with E-state index in [1.807, 2.05) is 0 Å². The largest absolute Gasteiger partial charge is 0.461 e. The van der Waals surface area contributed by atoms with Crippen molar-refractivity contribution in [1.29, 1.82) is 0 Å². The number of aromatic amines is 1. The minimum absolute atomic E-state index is 0.366. The molecule has 0 fully saturated rings. The van der Waals surface area contributed by atoms with E-state index in [9.17, 15) is 8.78 Å². The SMILES string of the molecule is Fc1cc2nc(-c3ccco3)[nH]c2cc1F. The second-order valence-corrected chi connectivity index (χ2v) is 3.35. The first-order valence-corrected chi connectivity index (χ1v) is 4.63. The van der Waals surface area contributed by atoms with Gasteiger partial charge in [0.15, 0.2) is 23.2 Å². The van der Waals surface area contributed by atoms with Crippen LogP contribution in [0.1, 0.15) is 0 Å². The van der Waals surface area contributed by atoms with Gasteiger partial charge in [-0.05, 0) is 12.1 Å². The van der Waals surface area contributed by atoms with Crippen LogP contribution < -0.4 is 0 Å². The summed E-state index contributed by atoms with van der Waals surface area (Å²) in [6.45, 7) is 0.